The van der Waals surface area contributed by atoms with Crippen LogP contribution in [0.4, 0.5) is 5.69 Å². The topological polar surface area (TPSA) is 54.8 Å². The Morgan fingerprint density at radius 2 is 2.00 bits per heavy atom. The summed E-state index contributed by atoms with van der Waals surface area (Å²) in [7, 11) is 1.73. The average molecular weight is 297 g/mol. The van der Waals surface area contributed by atoms with Crippen LogP contribution in [-0.2, 0) is 4.84 Å². The van der Waals surface area contributed by atoms with Crippen molar-refractivity contribution in [2.45, 2.75) is 20.0 Å². The van der Waals surface area contributed by atoms with Crippen LogP contribution in [0.5, 0.6) is 0 Å². The lowest BCUT2D eigenvalue weighted by molar-refractivity contribution is 0.0873. The first-order valence-corrected chi connectivity index (χ1v) is 7.05. The molecule has 5 nitrogen and oxygen atoms in total. The zero-order valence-corrected chi connectivity index (χ0v) is 12.9. The van der Waals surface area contributed by atoms with Crippen molar-refractivity contribution >= 4 is 17.8 Å². The molecule has 0 unspecified atom stereocenters. The van der Waals surface area contributed by atoms with Crippen molar-refractivity contribution in [2.75, 3.05) is 11.9 Å². The molecule has 0 bridgehead atoms. The predicted molar refractivity (Wildman–Crippen MR) is 87.2 cm³/mol. The molecule has 0 saturated carbocycles. The van der Waals surface area contributed by atoms with E-state index in [0.29, 0.717) is 5.56 Å². The number of hydrogen-bond donors (Lipinski definition) is 0. The van der Waals surface area contributed by atoms with Crippen LogP contribution in [0.1, 0.15) is 29.8 Å². The van der Waals surface area contributed by atoms with E-state index in [2.05, 4.69) is 10.1 Å². The van der Waals surface area contributed by atoms with Gasteiger partial charge in [0.2, 0.25) is 0 Å². The van der Waals surface area contributed by atoms with E-state index >= 15 is 0 Å². The van der Waals surface area contributed by atoms with E-state index in [9.17, 15) is 4.79 Å². The van der Waals surface area contributed by atoms with Crippen molar-refractivity contribution < 1.29 is 9.63 Å². The van der Waals surface area contributed by atoms with E-state index in [4.69, 9.17) is 4.84 Å². The fourth-order valence-corrected chi connectivity index (χ4v) is 1.79. The summed E-state index contributed by atoms with van der Waals surface area (Å²) < 4.78 is 0. The van der Waals surface area contributed by atoms with E-state index in [-0.39, 0.29) is 12.0 Å². The first-order chi connectivity index (χ1) is 10.6. The molecule has 0 radical (unpaired) electrons. The van der Waals surface area contributed by atoms with Crippen LogP contribution in [0, 0.1) is 0 Å². The van der Waals surface area contributed by atoms with Crippen LogP contribution < -0.4 is 4.90 Å². The summed E-state index contributed by atoms with van der Waals surface area (Å²) in [5.74, 6) is -0.0880. The highest BCUT2D eigenvalue weighted by Gasteiger charge is 2.13. The Bertz CT molecular complexity index is 637. The molecule has 22 heavy (non-hydrogen) atoms. The van der Waals surface area contributed by atoms with Gasteiger partial charge in [0.05, 0.1) is 18.1 Å². The minimum Gasteiger partial charge on any atom is -0.393 e. The van der Waals surface area contributed by atoms with Crippen LogP contribution in [0.25, 0.3) is 0 Å². The minimum atomic E-state index is -0.0880. The van der Waals surface area contributed by atoms with E-state index < -0.39 is 0 Å². The van der Waals surface area contributed by atoms with Crippen LogP contribution >= 0.6 is 0 Å². The zero-order chi connectivity index (χ0) is 15.9. The highest BCUT2D eigenvalue weighted by Crippen LogP contribution is 2.14. The second kappa shape index (κ2) is 7.36. The Labute approximate surface area is 130 Å². The van der Waals surface area contributed by atoms with E-state index in [1.54, 1.807) is 48.8 Å². The summed E-state index contributed by atoms with van der Waals surface area (Å²) in [6.07, 6.45) is 5.00. The molecule has 1 heterocycles. The highest BCUT2D eigenvalue weighted by atomic mass is 16.6. The number of aromatic nitrogens is 1. The Morgan fingerprint density at radius 1 is 1.27 bits per heavy atom. The number of hydrogen-bond acceptors (Lipinski definition) is 4. The Hall–Kier alpha value is -2.69. The van der Waals surface area contributed by atoms with E-state index in [1.807, 2.05) is 32.0 Å². The fourth-order valence-electron chi connectivity index (χ4n) is 1.79. The summed E-state index contributed by atoms with van der Waals surface area (Å²) >= 11 is 0. The highest BCUT2D eigenvalue weighted by molar-refractivity contribution is 6.05. The van der Waals surface area contributed by atoms with Crippen LogP contribution in [0.3, 0.4) is 0 Å². The van der Waals surface area contributed by atoms with Gasteiger partial charge in [0, 0.05) is 18.8 Å². The Kier molecular flexibility index (Phi) is 5.25. The number of rotatable bonds is 5. The van der Waals surface area contributed by atoms with Crippen LogP contribution in [0.15, 0.2) is 53.9 Å². The molecule has 0 aliphatic carbocycles. The summed E-state index contributed by atoms with van der Waals surface area (Å²) in [5, 5.41) is 3.87. The quantitative estimate of drug-likeness (QED) is 0.629. The molecule has 1 aromatic heterocycles. The molecular formula is C17H19N3O2. The van der Waals surface area contributed by atoms with Crippen molar-refractivity contribution in [3.63, 3.8) is 0 Å². The lowest BCUT2D eigenvalue weighted by Gasteiger charge is -2.16. The van der Waals surface area contributed by atoms with Gasteiger partial charge in [-0.1, -0.05) is 17.3 Å². The number of carbonyl (C=O) groups is 1. The lowest BCUT2D eigenvalue weighted by Crippen LogP contribution is -2.26. The number of nitrogens with zero attached hydrogens (tertiary/aromatic N) is 3. The second-order valence-corrected chi connectivity index (χ2v) is 5.09. The molecule has 0 aliphatic rings. The molecule has 114 valence electrons. The first-order valence-electron chi connectivity index (χ1n) is 7.05. The number of carbonyl (C=O) groups excluding carboxylic acids is 1. The van der Waals surface area contributed by atoms with Crippen molar-refractivity contribution in [2.24, 2.45) is 5.16 Å². The molecule has 2 aromatic rings. The monoisotopic (exact) mass is 297 g/mol. The van der Waals surface area contributed by atoms with Gasteiger partial charge >= 0.3 is 0 Å². The smallest absolute Gasteiger partial charge is 0.258 e. The third kappa shape index (κ3) is 4.15. The van der Waals surface area contributed by atoms with Gasteiger partial charge < -0.3 is 9.74 Å². The maximum absolute atomic E-state index is 12.4. The molecule has 1 amide bonds. The molecule has 0 fully saturated rings. The van der Waals surface area contributed by atoms with Gasteiger partial charge in [-0.05, 0) is 43.7 Å². The normalized spacial score (nSPS) is 10.9. The van der Waals surface area contributed by atoms with Crippen molar-refractivity contribution in [3.8, 4) is 0 Å². The van der Waals surface area contributed by atoms with Gasteiger partial charge in [-0.2, -0.15) is 0 Å². The fraction of sp³-hybridized carbons (Fsp3) is 0.235. The number of pyridine rings is 1. The SMILES string of the molecule is CC(C)ON=Cc1ccc(C(=O)N(C)c2cccnc2)cc1. The first kappa shape index (κ1) is 15.7. The summed E-state index contributed by atoms with van der Waals surface area (Å²) in [4.78, 5) is 23.1. The predicted octanol–water partition coefficient (Wildman–Crippen LogP) is 3.12. The Balaban J connectivity index is 2.07. The van der Waals surface area contributed by atoms with Gasteiger partial charge in [-0.3, -0.25) is 9.78 Å². The standard InChI is InChI=1S/C17H19N3O2/c1-13(2)22-19-11-14-6-8-15(9-7-14)17(21)20(3)16-5-4-10-18-12-16/h4-13H,1-3H3. The number of amides is 1. The Morgan fingerprint density at radius 3 is 2.59 bits per heavy atom. The van der Waals surface area contributed by atoms with Gasteiger partial charge in [0.15, 0.2) is 0 Å². The minimum absolute atomic E-state index is 0.0465. The maximum Gasteiger partial charge on any atom is 0.258 e. The summed E-state index contributed by atoms with van der Waals surface area (Å²) in [5.41, 5.74) is 2.23. The molecule has 2 rings (SSSR count). The summed E-state index contributed by atoms with van der Waals surface area (Å²) in [6.45, 7) is 3.82. The zero-order valence-electron chi connectivity index (χ0n) is 12.9. The summed E-state index contributed by atoms with van der Waals surface area (Å²) in [6, 6.07) is 10.8. The van der Waals surface area contributed by atoms with Gasteiger partial charge in [0.1, 0.15) is 6.10 Å². The van der Waals surface area contributed by atoms with Gasteiger partial charge in [-0.15, -0.1) is 0 Å². The number of anilines is 1. The van der Waals surface area contributed by atoms with E-state index in [0.717, 1.165) is 11.3 Å². The molecule has 0 N–H and O–H groups in total. The average Bonchev–Trinajstić information content (AvgIpc) is 2.54. The molecule has 0 atom stereocenters. The molecule has 5 heteroatoms. The number of oxime groups is 1. The van der Waals surface area contributed by atoms with Gasteiger partial charge in [-0.25, -0.2) is 0 Å². The lowest BCUT2D eigenvalue weighted by atomic mass is 10.1. The largest absolute Gasteiger partial charge is 0.393 e. The molecule has 0 spiro atoms. The van der Waals surface area contributed by atoms with Crippen LogP contribution in [0.2, 0.25) is 0 Å². The van der Waals surface area contributed by atoms with Gasteiger partial charge in [0.25, 0.3) is 5.91 Å². The number of benzene rings is 1. The van der Waals surface area contributed by atoms with Crippen molar-refractivity contribution in [3.05, 3.63) is 59.9 Å². The molecule has 0 aliphatic heterocycles. The molecular weight excluding hydrogens is 278 g/mol. The van der Waals surface area contributed by atoms with Crippen molar-refractivity contribution in [1.82, 2.24) is 4.98 Å². The van der Waals surface area contributed by atoms with Crippen LogP contribution in [-0.4, -0.2) is 30.3 Å². The second-order valence-electron chi connectivity index (χ2n) is 5.09. The van der Waals surface area contributed by atoms with E-state index in [1.165, 1.54) is 0 Å². The third-order valence-corrected chi connectivity index (χ3v) is 2.97. The van der Waals surface area contributed by atoms with Crippen molar-refractivity contribution in [1.29, 1.82) is 0 Å². The maximum atomic E-state index is 12.4. The molecule has 0 saturated heterocycles. The molecule has 1 aromatic carbocycles. The third-order valence-electron chi connectivity index (χ3n) is 2.97.